The second-order valence-electron chi connectivity index (χ2n) is 5.10. The predicted molar refractivity (Wildman–Crippen MR) is 83.4 cm³/mol. The fourth-order valence-electron chi connectivity index (χ4n) is 1.41. The van der Waals surface area contributed by atoms with E-state index in [4.69, 9.17) is 0 Å². The van der Waals surface area contributed by atoms with Gasteiger partial charge in [-0.15, -0.1) is 0 Å². The Balaban J connectivity index is 3.05. The Labute approximate surface area is 120 Å². The number of hydrogen-bond donors (Lipinski definition) is 1. The Morgan fingerprint density at radius 1 is 1.26 bits per heavy atom. The maximum Gasteiger partial charge on any atom is 0.244 e. The summed E-state index contributed by atoms with van der Waals surface area (Å²) in [5, 5.41) is 3.24. The van der Waals surface area contributed by atoms with E-state index in [0.717, 1.165) is 0 Å². The van der Waals surface area contributed by atoms with Crippen LogP contribution >= 0.6 is 11.8 Å². The Morgan fingerprint density at radius 3 is 2.37 bits per heavy atom. The first-order valence-electron chi connectivity index (χ1n) is 6.01. The van der Waals surface area contributed by atoms with Crippen molar-refractivity contribution in [3.8, 4) is 0 Å². The number of nitrogens with one attached hydrogen (secondary N) is 1. The molecule has 0 heterocycles. The smallest absolute Gasteiger partial charge is 0.244 e. The van der Waals surface area contributed by atoms with Crippen molar-refractivity contribution < 1.29 is 8.42 Å². The van der Waals surface area contributed by atoms with E-state index < -0.39 is 10.0 Å². The van der Waals surface area contributed by atoms with Crippen LogP contribution in [-0.4, -0.2) is 44.4 Å². The maximum absolute atomic E-state index is 12.2. The van der Waals surface area contributed by atoms with E-state index in [1.165, 1.54) is 18.4 Å². The molecule has 0 saturated heterocycles. The second kappa shape index (κ2) is 6.15. The summed E-state index contributed by atoms with van der Waals surface area (Å²) in [4.78, 5) is 0.317. The van der Waals surface area contributed by atoms with Crippen LogP contribution < -0.4 is 5.32 Å². The van der Waals surface area contributed by atoms with Gasteiger partial charge in [0.25, 0.3) is 0 Å². The number of hydrogen-bond acceptors (Lipinski definition) is 4. The van der Waals surface area contributed by atoms with Crippen molar-refractivity contribution in [1.82, 2.24) is 4.31 Å². The van der Waals surface area contributed by atoms with E-state index in [2.05, 4.69) is 19.2 Å². The van der Waals surface area contributed by atoms with Gasteiger partial charge in [0, 0.05) is 25.4 Å². The highest BCUT2D eigenvalue weighted by atomic mass is 32.2. The van der Waals surface area contributed by atoms with Crippen LogP contribution in [-0.2, 0) is 10.0 Å². The molecule has 0 spiro atoms. The quantitative estimate of drug-likeness (QED) is 0.877. The van der Waals surface area contributed by atoms with Crippen molar-refractivity contribution >= 4 is 27.5 Å². The second-order valence-corrected chi connectivity index (χ2v) is 8.73. The fourth-order valence-corrected chi connectivity index (χ4v) is 2.69. The summed E-state index contributed by atoms with van der Waals surface area (Å²) in [6.45, 7) is 4.94. The molecular formula is C13H22N2O2S2. The number of anilines is 1. The van der Waals surface area contributed by atoms with Gasteiger partial charge in [-0.3, -0.25) is 0 Å². The fraction of sp³-hybridized carbons (Fsp3) is 0.538. The third-order valence-corrected chi connectivity index (χ3v) is 6.03. The molecule has 0 fully saturated rings. The van der Waals surface area contributed by atoms with Crippen LogP contribution in [0.25, 0.3) is 0 Å². The van der Waals surface area contributed by atoms with E-state index in [-0.39, 0.29) is 4.75 Å². The van der Waals surface area contributed by atoms with Crippen LogP contribution in [0.15, 0.2) is 29.2 Å². The number of rotatable bonds is 6. The molecule has 0 unspecified atom stereocenters. The molecule has 0 atom stereocenters. The average molecular weight is 302 g/mol. The minimum atomic E-state index is -3.42. The number of thioether (sulfide) groups is 1. The summed E-state index contributed by atoms with van der Waals surface area (Å²) >= 11 is 1.74. The lowest BCUT2D eigenvalue weighted by Crippen LogP contribution is -2.28. The molecule has 19 heavy (non-hydrogen) atoms. The van der Waals surface area contributed by atoms with Crippen LogP contribution in [0.2, 0.25) is 0 Å². The minimum Gasteiger partial charge on any atom is -0.383 e. The maximum atomic E-state index is 12.2. The number of sulfonamides is 1. The number of nitrogens with zero attached hydrogens (tertiary/aromatic N) is 1. The van der Waals surface area contributed by atoms with Gasteiger partial charge in [-0.05, 0) is 32.2 Å². The van der Waals surface area contributed by atoms with Gasteiger partial charge in [0.05, 0.1) is 5.69 Å². The molecular weight excluding hydrogens is 280 g/mol. The van der Waals surface area contributed by atoms with Gasteiger partial charge in [-0.2, -0.15) is 11.8 Å². The van der Waals surface area contributed by atoms with E-state index in [1.54, 1.807) is 30.0 Å². The molecule has 4 nitrogen and oxygen atoms in total. The molecule has 1 aromatic rings. The lowest BCUT2D eigenvalue weighted by atomic mass is 10.2. The summed E-state index contributed by atoms with van der Waals surface area (Å²) in [6.07, 6.45) is 2.05. The summed E-state index contributed by atoms with van der Waals surface area (Å²) in [5.41, 5.74) is 0.651. The highest BCUT2D eigenvalue weighted by molar-refractivity contribution is 7.99. The highest BCUT2D eigenvalue weighted by Gasteiger charge is 2.22. The molecule has 0 aromatic heterocycles. The Morgan fingerprint density at radius 2 is 1.84 bits per heavy atom. The van der Waals surface area contributed by atoms with Gasteiger partial charge in [0.1, 0.15) is 4.90 Å². The highest BCUT2D eigenvalue weighted by Crippen LogP contribution is 2.26. The van der Waals surface area contributed by atoms with E-state index in [9.17, 15) is 8.42 Å². The number of benzene rings is 1. The lowest BCUT2D eigenvalue weighted by Gasteiger charge is -2.24. The molecule has 0 bridgehead atoms. The van der Waals surface area contributed by atoms with Gasteiger partial charge in [-0.25, -0.2) is 12.7 Å². The van der Waals surface area contributed by atoms with Gasteiger partial charge < -0.3 is 5.32 Å². The molecule has 1 N–H and O–H groups in total. The monoisotopic (exact) mass is 302 g/mol. The Kier molecular flexibility index (Phi) is 5.29. The molecule has 1 rings (SSSR count). The van der Waals surface area contributed by atoms with Crippen molar-refractivity contribution in [2.45, 2.75) is 23.5 Å². The standard InChI is InChI=1S/C13H22N2O2S2/c1-13(2,18-5)10-14-11-8-6-7-9-12(11)19(16,17)15(3)4/h6-9,14H,10H2,1-5H3. The van der Waals surface area contributed by atoms with Crippen molar-refractivity contribution in [1.29, 1.82) is 0 Å². The molecule has 0 amide bonds. The average Bonchev–Trinajstić information content (AvgIpc) is 2.36. The molecule has 0 aliphatic carbocycles. The molecule has 0 aliphatic rings. The Hall–Kier alpha value is -0.720. The van der Waals surface area contributed by atoms with E-state index in [1.807, 2.05) is 12.3 Å². The van der Waals surface area contributed by atoms with Crippen LogP contribution in [0.4, 0.5) is 5.69 Å². The van der Waals surface area contributed by atoms with Crippen LogP contribution in [0.5, 0.6) is 0 Å². The SMILES string of the molecule is CSC(C)(C)CNc1ccccc1S(=O)(=O)N(C)C. The third-order valence-electron chi connectivity index (χ3n) is 2.90. The first-order chi connectivity index (χ1) is 8.70. The van der Waals surface area contributed by atoms with Crippen LogP contribution in [0, 0.1) is 0 Å². The van der Waals surface area contributed by atoms with Gasteiger partial charge >= 0.3 is 0 Å². The summed E-state index contributed by atoms with van der Waals surface area (Å²) in [6, 6.07) is 7.00. The predicted octanol–water partition coefficient (Wildman–Crippen LogP) is 2.49. The van der Waals surface area contributed by atoms with Crippen LogP contribution in [0.3, 0.4) is 0 Å². The zero-order valence-corrected chi connectivity index (χ0v) is 13.7. The zero-order chi connectivity index (χ0) is 14.7. The van der Waals surface area contributed by atoms with Crippen molar-refractivity contribution in [3.63, 3.8) is 0 Å². The van der Waals surface area contributed by atoms with Gasteiger partial charge in [0.15, 0.2) is 0 Å². The minimum absolute atomic E-state index is 0.0506. The van der Waals surface area contributed by atoms with E-state index in [0.29, 0.717) is 17.1 Å². The summed E-state index contributed by atoms with van der Waals surface area (Å²) < 4.78 is 25.7. The number of para-hydroxylation sites is 1. The van der Waals surface area contributed by atoms with Gasteiger partial charge in [0.2, 0.25) is 10.0 Å². The third kappa shape index (κ3) is 4.12. The molecule has 1 aromatic carbocycles. The summed E-state index contributed by atoms with van der Waals surface area (Å²) in [7, 11) is -0.339. The van der Waals surface area contributed by atoms with Crippen molar-refractivity contribution in [2.75, 3.05) is 32.2 Å². The lowest BCUT2D eigenvalue weighted by molar-refractivity contribution is 0.521. The molecule has 0 radical (unpaired) electrons. The first-order valence-corrected chi connectivity index (χ1v) is 8.68. The zero-order valence-electron chi connectivity index (χ0n) is 12.1. The molecule has 6 heteroatoms. The largest absolute Gasteiger partial charge is 0.383 e. The molecule has 108 valence electrons. The first kappa shape index (κ1) is 16.3. The van der Waals surface area contributed by atoms with E-state index >= 15 is 0 Å². The Bertz CT molecular complexity index is 525. The van der Waals surface area contributed by atoms with Gasteiger partial charge in [-0.1, -0.05) is 12.1 Å². The normalized spacial score (nSPS) is 12.7. The molecule has 0 saturated carbocycles. The molecule has 0 aliphatic heterocycles. The van der Waals surface area contributed by atoms with Crippen LogP contribution in [0.1, 0.15) is 13.8 Å². The summed E-state index contributed by atoms with van der Waals surface area (Å²) in [5.74, 6) is 0. The van der Waals surface area contributed by atoms with Crippen molar-refractivity contribution in [2.24, 2.45) is 0 Å². The topological polar surface area (TPSA) is 49.4 Å². The van der Waals surface area contributed by atoms with Crippen molar-refractivity contribution in [3.05, 3.63) is 24.3 Å².